The Bertz CT molecular complexity index is 1090. The lowest BCUT2D eigenvalue weighted by atomic mass is 9.94. The molecule has 0 unspecified atom stereocenters. The number of hydrogen-bond acceptors (Lipinski definition) is 2. The number of fused-ring (bicyclic) bond motifs is 1. The van der Waals surface area contributed by atoms with Crippen LogP contribution in [0.15, 0.2) is 103 Å². The highest BCUT2D eigenvalue weighted by Gasteiger charge is 2.14. The second kappa shape index (κ2) is 7.30. The predicted octanol–water partition coefficient (Wildman–Crippen LogP) is 5.86. The summed E-state index contributed by atoms with van der Waals surface area (Å²) in [5.41, 5.74) is 3.04. The van der Waals surface area contributed by atoms with Gasteiger partial charge in [0.1, 0.15) is 5.75 Å². The van der Waals surface area contributed by atoms with E-state index in [2.05, 4.69) is 0 Å². The summed E-state index contributed by atoms with van der Waals surface area (Å²) in [4.78, 5) is 13.0. The van der Waals surface area contributed by atoms with E-state index < -0.39 is 0 Å². The highest BCUT2D eigenvalue weighted by atomic mass is 16.3. The van der Waals surface area contributed by atoms with Crippen LogP contribution >= 0.6 is 0 Å². The van der Waals surface area contributed by atoms with Gasteiger partial charge in [0.15, 0.2) is 5.78 Å². The highest BCUT2D eigenvalue weighted by Crippen LogP contribution is 2.30. The lowest BCUT2D eigenvalue weighted by Crippen LogP contribution is -1.99. The van der Waals surface area contributed by atoms with E-state index in [9.17, 15) is 9.90 Å². The number of aromatic hydroxyl groups is 1. The summed E-state index contributed by atoms with van der Waals surface area (Å²) in [6, 6.07) is 30.6. The molecule has 0 heterocycles. The molecule has 1 N–H and O–H groups in total. The van der Waals surface area contributed by atoms with Crippen LogP contribution in [-0.2, 0) is 0 Å². The van der Waals surface area contributed by atoms with Crippen LogP contribution in [-0.4, -0.2) is 10.9 Å². The Hall–Kier alpha value is -3.65. The van der Waals surface area contributed by atoms with E-state index in [1.165, 1.54) is 0 Å². The molecule has 0 aromatic heterocycles. The third kappa shape index (κ3) is 3.38. The van der Waals surface area contributed by atoms with Crippen LogP contribution < -0.4 is 0 Å². The van der Waals surface area contributed by atoms with Gasteiger partial charge >= 0.3 is 0 Å². The molecule has 0 saturated carbocycles. The molecule has 0 spiro atoms. The Morgan fingerprint density at radius 3 is 1.85 bits per heavy atom. The second-order valence-corrected chi connectivity index (χ2v) is 6.34. The van der Waals surface area contributed by atoms with Crippen molar-refractivity contribution in [1.29, 1.82) is 0 Å². The van der Waals surface area contributed by atoms with Crippen molar-refractivity contribution in [2.75, 3.05) is 0 Å². The molecule has 0 bridgehead atoms. The summed E-state index contributed by atoms with van der Waals surface area (Å²) in [7, 11) is 0. The Morgan fingerprint density at radius 1 is 0.667 bits per heavy atom. The van der Waals surface area contributed by atoms with Gasteiger partial charge < -0.3 is 5.11 Å². The number of carbonyl (C=O) groups is 1. The van der Waals surface area contributed by atoms with Gasteiger partial charge in [-0.25, -0.2) is 0 Å². The van der Waals surface area contributed by atoms with Gasteiger partial charge in [0, 0.05) is 5.39 Å². The van der Waals surface area contributed by atoms with Crippen molar-refractivity contribution in [3.05, 3.63) is 120 Å². The Morgan fingerprint density at radius 2 is 1.22 bits per heavy atom. The summed E-state index contributed by atoms with van der Waals surface area (Å²) >= 11 is 0. The number of benzene rings is 4. The van der Waals surface area contributed by atoms with Gasteiger partial charge in [0.2, 0.25) is 0 Å². The molecule has 4 aromatic rings. The van der Waals surface area contributed by atoms with Gasteiger partial charge in [-0.2, -0.15) is 0 Å². The zero-order chi connectivity index (χ0) is 18.6. The van der Waals surface area contributed by atoms with Gasteiger partial charge in [-0.15, -0.1) is 0 Å². The number of carbonyl (C=O) groups excluding carboxylic acids is 1. The number of ketones is 1. The highest BCUT2D eigenvalue weighted by molar-refractivity contribution is 6.14. The van der Waals surface area contributed by atoms with E-state index in [1.807, 2.05) is 91.0 Å². The minimum absolute atomic E-state index is 0.0230. The molecule has 0 aliphatic carbocycles. The van der Waals surface area contributed by atoms with Crippen molar-refractivity contribution in [2.45, 2.75) is 0 Å². The molecule has 0 saturated heterocycles. The molecule has 0 fully saturated rings. The van der Waals surface area contributed by atoms with E-state index in [1.54, 1.807) is 12.1 Å². The Balaban J connectivity index is 1.84. The average Bonchev–Trinajstić information content (AvgIpc) is 2.73. The van der Waals surface area contributed by atoms with Crippen LogP contribution in [0.25, 0.3) is 16.3 Å². The van der Waals surface area contributed by atoms with Crippen molar-refractivity contribution < 1.29 is 9.90 Å². The zero-order valence-corrected chi connectivity index (χ0v) is 14.7. The molecule has 27 heavy (non-hydrogen) atoms. The number of rotatable bonds is 4. The topological polar surface area (TPSA) is 37.3 Å². The lowest BCUT2D eigenvalue weighted by molar-refractivity contribution is 0.104. The SMILES string of the molecule is O=C(C=C(c1ccccc1)c1ccccc1)c1ccc2ccccc2c1O. The molecular formula is C25H18O2. The Labute approximate surface area is 158 Å². The third-order valence-corrected chi connectivity index (χ3v) is 4.61. The minimum Gasteiger partial charge on any atom is -0.507 e. The standard InChI is InChI=1S/C25H18O2/c26-24(22-16-15-20-13-7-8-14-21(20)25(22)27)17-23(18-9-3-1-4-10-18)19-11-5-2-6-12-19/h1-17,27H. The molecule has 2 nitrogen and oxygen atoms in total. The minimum atomic E-state index is -0.221. The van der Waals surface area contributed by atoms with Crippen molar-refractivity contribution in [1.82, 2.24) is 0 Å². The predicted molar refractivity (Wildman–Crippen MR) is 110 cm³/mol. The molecule has 130 valence electrons. The summed E-state index contributed by atoms with van der Waals surface area (Å²) in [6.45, 7) is 0. The van der Waals surface area contributed by atoms with Crippen LogP contribution in [0.1, 0.15) is 21.5 Å². The molecule has 0 aliphatic rings. The quantitative estimate of drug-likeness (QED) is 0.370. The number of allylic oxidation sites excluding steroid dienone is 1. The number of hydrogen-bond donors (Lipinski definition) is 1. The summed E-state index contributed by atoms with van der Waals surface area (Å²) in [5, 5.41) is 12.2. The van der Waals surface area contributed by atoms with Crippen LogP contribution in [0.4, 0.5) is 0 Å². The molecule has 4 rings (SSSR count). The molecule has 0 amide bonds. The molecular weight excluding hydrogens is 332 g/mol. The first-order valence-corrected chi connectivity index (χ1v) is 8.81. The molecule has 0 atom stereocenters. The van der Waals surface area contributed by atoms with Gasteiger partial charge in [-0.3, -0.25) is 4.79 Å². The largest absolute Gasteiger partial charge is 0.507 e. The summed E-state index contributed by atoms with van der Waals surface area (Å²) < 4.78 is 0. The van der Waals surface area contributed by atoms with Gasteiger partial charge in [0.05, 0.1) is 5.56 Å². The van der Waals surface area contributed by atoms with E-state index >= 15 is 0 Å². The van der Waals surface area contributed by atoms with E-state index in [4.69, 9.17) is 0 Å². The molecule has 2 heteroatoms. The molecule has 0 aliphatic heterocycles. The second-order valence-electron chi connectivity index (χ2n) is 6.34. The van der Waals surface area contributed by atoms with Gasteiger partial charge in [0.25, 0.3) is 0 Å². The third-order valence-electron chi connectivity index (χ3n) is 4.61. The fourth-order valence-electron chi connectivity index (χ4n) is 3.23. The van der Waals surface area contributed by atoms with E-state index in [-0.39, 0.29) is 11.5 Å². The summed E-state index contributed by atoms with van der Waals surface area (Å²) in [6.07, 6.45) is 1.61. The number of phenols is 1. The van der Waals surface area contributed by atoms with Crippen LogP contribution in [0.5, 0.6) is 5.75 Å². The monoisotopic (exact) mass is 350 g/mol. The lowest BCUT2D eigenvalue weighted by Gasteiger charge is -2.10. The fourth-order valence-corrected chi connectivity index (χ4v) is 3.23. The first kappa shape index (κ1) is 16.8. The van der Waals surface area contributed by atoms with Gasteiger partial charge in [-0.1, -0.05) is 91.0 Å². The average molecular weight is 350 g/mol. The Kier molecular flexibility index (Phi) is 4.54. The zero-order valence-electron chi connectivity index (χ0n) is 14.7. The maximum Gasteiger partial charge on any atom is 0.190 e. The van der Waals surface area contributed by atoms with E-state index in [0.29, 0.717) is 10.9 Å². The summed E-state index contributed by atoms with van der Waals surface area (Å²) in [5.74, 6) is -0.198. The van der Waals surface area contributed by atoms with E-state index in [0.717, 1.165) is 22.1 Å². The van der Waals surface area contributed by atoms with Crippen LogP contribution in [0.2, 0.25) is 0 Å². The van der Waals surface area contributed by atoms with Gasteiger partial charge in [-0.05, 0) is 34.2 Å². The number of phenolic OH excluding ortho intramolecular Hbond substituents is 1. The van der Waals surface area contributed by atoms with Crippen molar-refractivity contribution >= 4 is 22.1 Å². The van der Waals surface area contributed by atoms with Crippen molar-refractivity contribution in [2.24, 2.45) is 0 Å². The van der Waals surface area contributed by atoms with Crippen molar-refractivity contribution in [3.8, 4) is 5.75 Å². The molecule has 4 aromatic carbocycles. The first-order valence-electron chi connectivity index (χ1n) is 8.81. The maximum atomic E-state index is 13.0. The molecule has 0 radical (unpaired) electrons. The smallest absolute Gasteiger partial charge is 0.190 e. The van der Waals surface area contributed by atoms with Crippen molar-refractivity contribution in [3.63, 3.8) is 0 Å². The van der Waals surface area contributed by atoms with Crippen LogP contribution in [0, 0.1) is 0 Å². The fraction of sp³-hybridized carbons (Fsp3) is 0. The van der Waals surface area contributed by atoms with Crippen LogP contribution in [0.3, 0.4) is 0 Å². The maximum absolute atomic E-state index is 13.0. The normalized spacial score (nSPS) is 10.5. The first-order chi connectivity index (χ1) is 13.2.